The lowest BCUT2D eigenvalue weighted by Crippen LogP contribution is -2.62. The zero-order chi connectivity index (χ0) is 31.9. The summed E-state index contributed by atoms with van der Waals surface area (Å²) in [6.45, 7) is 12.2. The van der Waals surface area contributed by atoms with Gasteiger partial charge in [-0.3, -0.25) is 29.2 Å². The lowest BCUT2D eigenvalue weighted by Gasteiger charge is -2.36. The van der Waals surface area contributed by atoms with Crippen molar-refractivity contribution in [1.82, 2.24) is 31.4 Å². The number of amides is 4. The fourth-order valence-corrected chi connectivity index (χ4v) is 4.70. The molecular formula is C30H37F3N6O4. The minimum atomic E-state index is -4.80. The molecule has 1 aliphatic heterocycles. The highest BCUT2D eigenvalue weighted by molar-refractivity contribution is 5.92. The first-order chi connectivity index (χ1) is 20.2. The molecule has 4 N–H and O–H groups in total. The number of nitrogens with zero attached hydrogens (tertiary/aromatic N) is 2. The van der Waals surface area contributed by atoms with Gasteiger partial charge in [0, 0.05) is 24.5 Å². The van der Waals surface area contributed by atoms with Crippen molar-refractivity contribution in [3.63, 3.8) is 0 Å². The number of hydrogen-bond donors (Lipinski definition) is 4. The first-order valence-corrected chi connectivity index (χ1v) is 13.9. The molecule has 4 amide bonds. The van der Waals surface area contributed by atoms with Gasteiger partial charge in [-0.05, 0) is 54.8 Å². The summed E-state index contributed by atoms with van der Waals surface area (Å²) in [5.74, 6) is -2.75. The SMILES string of the molecule is C=CCC(=O)NC(C(=O)N[C@@H](C)C(=O)N1CCC[C@@H](C(=O)N[C@@H](c2ccc3cnc(C=C)cc3c2)C(F)(F)F)N1)C(C)C. The highest BCUT2D eigenvalue weighted by Crippen LogP contribution is 2.34. The van der Waals surface area contributed by atoms with E-state index in [1.54, 1.807) is 19.9 Å². The molecule has 10 nitrogen and oxygen atoms in total. The van der Waals surface area contributed by atoms with Crippen molar-refractivity contribution in [3.05, 3.63) is 61.0 Å². The van der Waals surface area contributed by atoms with Crippen LogP contribution in [0.15, 0.2) is 49.7 Å². The van der Waals surface area contributed by atoms with Gasteiger partial charge in [-0.15, -0.1) is 6.58 Å². The molecule has 43 heavy (non-hydrogen) atoms. The van der Waals surface area contributed by atoms with Crippen molar-refractivity contribution in [2.45, 2.75) is 70.4 Å². The third kappa shape index (κ3) is 8.63. The third-order valence-corrected chi connectivity index (χ3v) is 7.02. The predicted molar refractivity (Wildman–Crippen MR) is 156 cm³/mol. The summed E-state index contributed by atoms with van der Waals surface area (Å²) in [6.07, 6.45) is 0.172. The Morgan fingerprint density at radius 2 is 1.81 bits per heavy atom. The largest absolute Gasteiger partial charge is 0.412 e. The standard InChI is InChI=1S/C30H37F3N6O4/c1-6-9-24(40)36-25(17(3)4)28(42)35-18(5)29(43)39-13-8-10-23(38-39)27(41)37-26(30(31,32)33)19-11-12-20-16-34-22(7-2)15-21(20)14-19/h6-7,11-12,14-18,23,25-26,38H,1-2,8-10,13H2,3-5H3,(H,35,42)(H,36,40)(H,37,41)/t18-,23-,25?,26-/m0/s1. The van der Waals surface area contributed by atoms with Gasteiger partial charge < -0.3 is 16.0 Å². The summed E-state index contributed by atoms with van der Waals surface area (Å²) in [6, 6.07) is 0.379. The van der Waals surface area contributed by atoms with E-state index in [4.69, 9.17) is 0 Å². The number of carbonyl (C=O) groups excluding carboxylic acids is 4. The zero-order valence-electron chi connectivity index (χ0n) is 24.3. The number of benzene rings is 1. The molecule has 3 rings (SSSR count). The summed E-state index contributed by atoms with van der Waals surface area (Å²) in [5.41, 5.74) is 3.05. The van der Waals surface area contributed by atoms with Crippen LogP contribution in [0, 0.1) is 5.92 Å². The molecule has 0 bridgehead atoms. The average Bonchev–Trinajstić information content (AvgIpc) is 2.96. The van der Waals surface area contributed by atoms with E-state index < -0.39 is 54.0 Å². The quantitative estimate of drug-likeness (QED) is 0.292. The van der Waals surface area contributed by atoms with E-state index in [-0.39, 0.29) is 30.9 Å². The number of rotatable bonds is 11. The van der Waals surface area contributed by atoms with Gasteiger partial charge in [0.2, 0.25) is 17.7 Å². The molecule has 1 fully saturated rings. The van der Waals surface area contributed by atoms with Crippen molar-refractivity contribution in [2.75, 3.05) is 6.54 Å². The van der Waals surface area contributed by atoms with Gasteiger partial charge in [-0.1, -0.05) is 38.6 Å². The van der Waals surface area contributed by atoms with Crippen LogP contribution in [0.3, 0.4) is 0 Å². The fraction of sp³-hybridized carbons (Fsp3) is 0.433. The molecule has 232 valence electrons. The molecule has 0 spiro atoms. The maximum atomic E-state index is 14.2. The van der Waals surface area contributed by atoms with Crippen molar-refractivity contribution in [1.29, 1.82) is 0 Å². The van der Waals surface area contributed by atoms with Gasteiger partial charge in [0.15, 0.2) is 6.04 Å². The van der Waals surface area contributed by atoms with Crippen LogP contribution in [0.4, 0.5) is 13.2 Å². The second kappa shape index (κ2) is 14.3. The van der Waals surface area contributed by atoms with Crippen LogP contribution < -0.4 is 21.4 Å². The number of alkyl halides is 3. The molecule has 13 heteroatoms. The summed E-state index contributed by atoms with van der Waals surface area (Å²) < 4.78 is 42.5. The first-order valence-electron chi connectivity index (χ1n) is 13.9. The molecule has 2 heterocycles. The lowest BCUT2D eigenvalue weighted by molar-refractivity contribution is -0.165. The molecule has 1 unspecified atom stereocenters. The van der Waals surface area contributed by atoms with E-state index in [2.05, 4.69) is 39.5 Å². The van der Waals surface area contributed by atoms with Gasteiger partial charge in [-0.25, -0.2) is 5.43 Å². The Bertz CT molecular complexity index is 1380. The average molecular weight is 603 g/mol. The maximum absolute atomic E-state index is 14.2. The van der Waals surface area contributed by atoms with E-state index in [1.807, 2.05) is 0 Å². The Kier molecular flexibility index (Phi) is 11.0. The Morgan fingerprint density at radius 3 is 2.44 bits per heavy atom. The summed E-state index contributed by atoms with van der Waals surface area (Å²) in [4.78, 5) is 55.2. The zero-order valence-corrected chi connectivity index (χ0v) is 24.3. The van der Waals surface area contributed by atoms with Gasteiger partial charge in [0.1, 0.15) is 18.1 Å². The van der Waals surface area contributed by atoms with Crippen molar-refractivity contribution in [3.8, 4) is 0 Å². The number of aromatic nitrogens is 1. The van der Waals surface area contributed by atoms with Gasteiger partial charge >= 0.3 is 6.18 Å². The van der Waals surface area contributed by atoms with Crippen LogP contribution in [0.25, 0.3) is 16.8 Å². The molecule has 1 aromatic carbocycles. The van der Waals surface area contributed by atoms with Crippen LogP contribution in [-0.2, 0) is 19.2 Å². The van der Waals surface area contributed by atoms with E-state index in [9.17, 15) is 32.3 Å². The first kappa shape index (κ1) is 33.2. The number of nitrogens with one attached hydrogen (secondary N) is 4. The molecule has 1 saturated heterocycles. The molecule has 4 atom stereocenters. The summed E-state index contributed by atoms with van der Waals surface area (Å²) in [7, 11) is 0. The Hall–Kier alpha value is -4.26. The van der Waals surface area contributed by atoms with Crippen molar-refractivity contribution in [2.24, 2.45) is 5.92 Å². The Morgan fingerprint density at radius 1 is 1.09 bits per heavy atom. The molecule has 1 aromatic heterocycles. The highest BCUT2D eigenvalue weighted by Gasteiger charge is 2.43. The second-order valence-electron chi connectivity index (χ2n) is 10.7. The number of pyridine rings is 1. The van der Waals surface area contributed by atoms with Crippen LogP contribution >= 0.6 is 0 Å². The number of hydrazine groups is 1. The van der Waals surface area contributed by atoms with Crippen LogP contribution in [0.1, 0.15) is 57.3 Å². The predicted octanol–water partition coefficient (Wildman–Crippen LogP) is 3.31. The molecule has 1 aliphatic rings. The summed E-state index contributed by atoms with van der Waals surface area (Å²) in [5, 5.41) is 9.54. The minimum absolute atomic E-state index is 0.0237. The fourth-order valence-electron chi connectivity index (χ4n) is 4.70. The van der Waals surface area contributed by atoms with Gasteiger partial charge in [-0.2, -0.15) is 13.2 Å². The topological polar surface area (TPSA) is 133 Å². The summed E-state index contributed by atoms with van der Waals surface area (Å²) >= 11 is 0. The number of halogens is 3. The number of carbonyl (C=O) groups is 4. The smallest absolute Gasteiger partial charge is 0.344 e. The van der Waals surface area contributed by atoms with Crippen LogP contribution in [0.5, 0.6) is 0 Å². The molecule has 0 saturated carbocycles. The molecule has 0 aliphatic carbocycles. The van der Waals surface area contributed by atoms with Gasteiger partial charge in [0.25, 0.3) is 5.91 Å². The normalized spacial score (nSPS) is 17.5. The van der Waals surface area contributed by atoms with Crippen LogP contribution in [-0.4, -0.2) is 64.5 Å². The Labute approximate surface area is 248 Å². The van der Waals surface area contributed by atoms with E-state index in [1.165, 1.54) is 43.5 Å². The monoisotopic (exact) mass is 602 g/mol. The molecule has 0 radical (unpaired) electrons. The van der Waals surface area contributed by atoms with Gasteiger partial charge in [0.05, 0.1) is 5.69 Å². The van der Waals surface area contributed by atoms with E-state index in [0.29, 0.717) is 22.9 Å². The molecule has 2 aromatic rings. The number of hydrogen-bond acceptors (Lipinski definition) is 6. The molecular weight excluding hydrogens is 565 g/mol. The van der Waals surface area contributed by atoms with Crippen LogP contribution in [0.2, 0.25) is 0 Å². The minimum Gasteiger partial charge on any atom is -0.344 e. The van der Waals surface area contributed by atoms with Crippen molar-refractivity contribution >= 4 is 40.5 Å². The third-order valence-electron chi connectivity index (χ3n) is 7.02. The Balaban J connectivity index is 1.69. The van der Waals surface area contributed by atoms with Crippen molar-refractivity contribution < 1.29 is 32.3 Å². The maximum Gasteiger partial charge on any atom is 0.412 e. The second-order valence-corrected chi connectivity index (χ2v) is 10.7. The number of fused-ring (bicyclic) bond motifs is 1. The van der Waals surface area contributed by atoms with E-state index >= 15 is 0 Å². The highest BCUT2D eigenvalue weighted by atomic mass is 19.4. The lowest BCUT2D eigenvalue weighted by atomic mass is 10.0. The van der Waals surface area contributed by atoms with E-state index in [0.717, 1.165) is 5.01 Å².